The molecule has 0 unspecified atom stereocenters. The number of anilines is 1. The van der Waals surface area contributed by atoms with Crippen LogP contribution in [0.5, 0.6) is 0 Å². The van der Waals surface area contributed by atoms with Gasteiger partial charge in [0.05, 0.1) is 6.21 Å². The topological polar surface area (TPSA) is 71.4 Å². The predicted molar refractivity (Wildman–Crippen MR) is 91.1 cm³/mol. The van der Waals surface area contributed by atoms with E-state index >= 15 is 0 Å². The SMILES string of the molecule is CC(=O)c1ccc(/C=N\Nc2ccc(C(=O)C(C)C)cn2)cc1. The van der Waals surface area contributed by atoms with Crippen molar-refractivity contribution in [2.75, 3.05) is 5.43 Å². The molecule has 0 radical (unpaired) electrons. The van der Waals surface area contributed by atoms with E-state index in [1.807, 2.05) is 26.0 Å². The standard InChI is InChI=1S/C18H19N3O2/c1-12(2)18(23)16-8-9-17(19-11-16)21-20-10-14-4-6-15(7-5-14)13(3)22/h4-12H,1-3H3,(H,19,21)/b20-10-. The van der Waals surface area contributed by atoms with E-state index in [9.17, 15) is 9.59 Å². The summed E-state index contributed by atoms with van der Waals surface area (Å²) in [5, 5.41) is 4.09. The number of nitrogens with zero attached hydrogens (tertiary/aromatic N) is 2. The van der Waals surface area contributed by atoms with Crippen LogP contribution in [0.25, 0.3) is 0 Å². The van der Waals surface area contributed by atoms with Gasteiger partial charge in [-0.1, -0.05) is 38.1 Å². The van der Waals surface area contributed by atoms with Gasteiger partial charge in [-0.25, -0.2) is 4.98 Å². The maximum Gasteiger partial charge on any atom is 0.166 e. The first-order valence-electron chi connectivity index (χ1n) is 7.37. The molecule has 0 aliphatic carbocycles. The zero-order valence-corrected chi connectivity index (χ0v) is 13.4. The van der Waals surface area contributed by atoms with Gasteiger partial charge in [-0.2, -0.15) is 5.10 Å². The van der Waals surface area contributed by atoms with Crippen LogP contribution in [-0.4, -0.2) is 22.8 Å². The van der Waals surface area contributed by atoms with E-state index in [1.165, 1.54) is 6.92 Å². The second-order valence-electron chi connectivity index (χ2n) is 5.50. The molecule has 0 atom stereocenters. The molecule has 1 aromatic carbocycles. The van der Waals surface area contributed by atoms with Crippen LogP contribution in [0, 0.1) is 5.92 Å². The number of Topliss-reactive ketones (excluding diaryl/α,β-unsaturated/α-hetero) is 2. The average molecular weight is 309 g/mol. The van der Waals surface area contributed by atoms with Crippen molar-refractivity contribution in [1.29, 1.82) is 0 Å². The number of aromatic nitrogens is 1. The van der Waals surface area contributed by atoms with Crippen LogP contribution in [0.1, 0.15) is 47.1 Å². The van der Waals surface area contributed by atoms with Gasteiger partial charge in [-0.3, -0.25) is 15.0 Å². The Morgan fingerprint density at radius 3 is 2.26 bits per heavy atom. The van der Waals surface area contributed by atoms with Gasteiger partial charge in [0, 0.05) is 23.2 Å². The van der Waals surface area contributed by atoms with Gasteiger partial charge in [-0.05, 0) is 24.6 Å². The van der Waals surface area contributed by atoms with Crippen LogP contribution in [0.4, 0.5) is 5.82 Å². The Balaban J connectivity index is 1.97. The van der Waals surface area contributed by atoms with Crippen molar-refractivity contribution in [2.45, 2.75) is 20.8 Å². The Morgan fingerprint density at radius 1 is 1.09 bits per heavy atom. The van der Waals surface area contributed by atoms with Crippen LogP contribution in [0.3, 0.4) is 0 Å². The molecule has 23 heavy (non-hydrogen) atoms. The third kappa shape index (κ3) is 4.57. The molecule has 5 heteroatoms. The lowest BCUT2D eigenvalue weighted by atomic mass is 10.0. The van der Waals surface area contributed by atoms with Crippen LogP contribution >= 0.6 is 0 Å². The van der Waals surface area contributed by atoms with Crippen molar-refractivity contribution < 1.29 is 9.59 Å². The zero-order chi connectivity index (χ0) is 16.8. The highest BCUT2D eigenvalue weighted by Gasteiger charge is 2.10. The lowest BCUT2D eigenvalue weighted by molar-refractivity contribution is 0.0938. The molecule has 2 aromatic rings. The number of hydrogen-bond donors (Lipinski definition) is 1. The molecule has 0 saturated carbocycles. The molecule has 1 N–H and O–H groups in total. The number of carbonyl (C=O) groups is 2. The first kappa shape index (κ1) is 16.5. The molecule has 0 amide bonds. The average Bonchev–Trinajstić information content (AvgIpc) is 2.55. The highest BCUT2D eigenvalue weighted by Crippen LogP contribution is 2.10. The summed E-state index contributed by atoms with van der Waals surface area (Å²) in [4.78, 5) is 27.2. The number of carbonyl (C=O) groups excluding carboxylic acids is 2. The summed E-state index contributed by atoms with van der Waals surface area (Å²) in [5.41, 5.74) is 4.94. The normalized spacial score (nSPS) is 11.0. The second kappa shape index (κ2) is 7.45. The van der Waals surface area contributed by atoms with Gasteiger partial charge in [0.1, 0.15) is 5.82 Å². The zero-order valence-electron chi connectivity index (χ0n) is 13.4. The van der Waals surface area contributed by atoms with Gasteiger partial charge in [0.15, 0.2) is 11.6 Å². The summed E-state index contributed by atoms with van der Waals surface area (Å²) in [6.45, 7) is 5.25. The molecule has 0 fully saturated rings. The Hall–Kier alpha value is -2.82. The molecule has 2 rings (SSSR count). The van der Waals surface area contributed by atoms with Crippen LogP contribution in [-0.2, 0) is 0 Å². The van der Waals surface area contributed by atoms with E-state index in [4.69, 9.17) is 0 Å². The van der Waals surface area contributed by atoms with Crippen molar-refractivity contribution in [3.63, 3.8) is 0 Å². The molecule has 1 heterocycles. The minimum Gasteiger partial charge on any atom is -0.295 e. The quantitative estimate of drug-likeness (QED) is 0.503. The van der Waals surface area contributed by atoms with Crippen molar-refractivity contribution >= 4 is 23.6 Å². The van der Waals surface area contributed by atoms with Gasteiger partial charge in [0.2, 0.25) is 0 Å². The summed E-state index contributed by atoms with van der Waals surface area (Å²) in [6.07, 6.45) is 3.18. The first-order valence-corrected chi connectivity index (χ1v) is 7.37. The van der Waals surface area contributed by atoms with E-state index in [1.54, 1.807) is 36.7 Å². The highest BCUT2D eigenvalue weighted by molar-refractivity contribution is 5.97. The number of hydrazone groups is 1. The molecule has 0 spiro atoms. The number of hydrogen-bond acceptors (Lipinski definition) is 5. The molecule has 0 saturated heterocycles. The smallest absolute Gasteiger partial charge is 0.166 e. The Morgan fingerprint density at radius 2 is 1.74 bits per heavy atom. The van der Waals surface area contributed by atoms with Gasteiger partial charge in [0.25, 0.3) is 0 Å². The fraction of sp³-hybridized carbons (Fsp3) is 0.222. The second-order valence-corrected chi connectivity index (χ2v) is 5.50. The van der Waals surface area contributed by atoms with Crippen LogP contribution in [0.15, 0.2) is 47.7 Å². The predicted octanol–water partition coefficient (Wildman–Crippen LogP) is 3.57. The van der Waals surface area contributed by atoms with E-state index in [-0.39, 0.29) is 17.5 Å². The lowest BCUT2D eigenvalue weighted by Gasteiger charge is -2.04. The van der Waals surface area contributed by atoms with Crippen molar-refractivity contribution in [2.24, 2.45) is 11.0 Å². The van der Waals surface area contributed by atoms with Gasteiger partial charge in [-0.15, -0.1) is 0 Å². The van der Waals surface area contributed by atoms with E-state index in [0.717, 1.165) is 5.56 Å². The molecule has 0 aliphatic rings. The van der Waals surface area contributed by atoms with Crippen molar-refractivity contribution in [3.05, 3.63) is 59.3 Å². The van der Waals surface area contributed by atoms with Gasteiger partial charge >= 0.3 is 0 Å². The van der Waals surface area contributed by atoms with Crippen molar-refractivity contribution in [1.82, 2.24) is 4.98 Å². The third-order valence-corrected chi connectivity index (χ3v) is 3.28. The summed E-state index contributed by atoms with van der Waals surface area (Å²) < 4.78 is 0. The number of nitrogens with one attached hydrogen (secondary N) is 1. The summed E-state index contributed by atoms with van der Waals surface area (Å²) in [7, 11) is 0. The Labute approximate surface area is 135 Å². The Kier molecular flexibility index (Phi) is 5.36. The number of benzene rings is 1. The van der Waals surface area contributed by atoms with Crippen LogP contribution in [0.2, 0.25) is 0 Å². The molecule has 0 bridgehead atoms. The molecular weight excluding hydrogens is 290 g/mol. The van der Waals surface area contributed by atoms with E-state index in [0.29, 0.717) is 16.9 Å². The molecule has 0 aliphatic heterocycles. The fourth-order valence-corrected chi connectivity index (χ4v) is 1.92. The summed E-state index contributed by atoms with van der Waals surface area (Å²) >= 11 is 0. The molecular formula is C18H19N3O2. The number of ketones is 2. The maximum atomic E-state index is 11.8. The summed E-state index contributed by atoms with van der Waals surface area (Å²) in [5.74, 6) is 0.610. The minimum absolute atomic E-state index is 0.0341. The monoisotopic (exact) mass is 309 g/mol. The maximum absolute atomic E-state index is 11.8. The number of rotatable bonds is 6. The fourth-order valence-electron chi connectivity index (χ4n) is 1.92. The Bertz CT molecular complexity index is 717. The largest absolute Gasteiger partial charge is 0.295 e. The van der Waals surface area contributed by atoms with Crippen LogP contribution < -0.4 is 5.43 Å². The lowest BCUT2D eigenvalue weighted by Crippen LogP contribution is -2.07. The van der Waals surface area contributed by atoms with Gasteiger partial charge < -0.3 is 0 Å². The summed E-state index contributed by atoms with van der Waals surface area (Å²) in [6, 6.07) is 10.6. The highest BCUT2D eigenvalue weighted by atomic mass is 16.1. The number of pyridine rings is 1. The molecule has 118 valence electrons. The molecule has 5 nitrogen and oxygen atoms in total. The van der Waals surface area contributed by atoms with E-state index in [2.05, 4.69) is 15.5 Å². The van der Waals surface area contributed by atoms with E-state index < -0.39 is 0 Å². The minimum atomic E-state index is -0.0494. The third-order valence-electron chi connectivity index (χ3n) is 3.28. The van der Waals surface area contributed by atoms with Crippen molar-refractivity contribution in [3.8, 4) is 0 Å². The molecule has 1 aromatic heterocycles. The first-order chi connectivity index (χ1) is 11.0.